The number of hydrazine groups is 1. The third kappa shape index (κ3) is 2.79. The highest BCUT2D eigenvalue weighted by atomic mass is 19.1. The van der Waals surface area contributed by atoms with Crippen molar-refractivity contribution in [1.29, 1.82) is 0 Å². The molecule has 78 valence electrons. The summed E-state index contributed by atoms with van der Waals surface area (Å²) in [6.07, 6.45) is 0.977. The molecule has 0 aliphatic rings. The van der Waals surface area contributed by atoms with E-state index in [2.05, 4.69) is 15.4 Å². The van der Waals surface area contributed by atoms with E-state index in [1.165, 1.54) is 7.11 Å². The molecule has 3 N–H and O–H groups in total. The van der Waals surface area contributed by atoms with Crippen LogP contribution in [-0.2, 0) is 4.74 Å². The molecule has 0 saturated heterocycles. The Morgan fingerprint density at radius 2 is 2.36 bits per heavy atom. The van der Waals surface area contributed by atoms with Gasteiger partial charge in [-0.3, -0.25) is 5.43 Å². The monoisotopic (exact) mass is 202 g/mol. The number of hydrogen-bond acceptors (Lipinski definition) is 6. The van der Waals surface area contributed by atoms with E-state index in [9.17, 15) is 4.39 Å². The van der Waals surface area contributed by atoms with Crippen molar-refractivity contribution in [2.45, 2.75) is 0 Å². The average molecular weight is 202 g/mol. The zero-order chi connectivity index (χ0) is 10.4. The molecule has 6 nitrogen and oxygen atoms in total. The van der Waals surface area contributed by atoms with Gasteiger partial charge in [0.2, 0.25) is 11.8 Å². The summed E-state index contributed by atoms with van der Waals surface area (Å²) in [5, 5.41) is 0. The van der Waals surface area contributed by atoms with Crippen molar-refractivity contribution in [2.75, 3.05) is 25.7 Å². The molecular formula is C7H11FN4O2. The molecule has 0 radical (unpaired) electrons. The smallest absolute Gasteiger partial charge is 0.255 e. The van der Waals surface area contributed by atoms with Crippen LogP contribution in [0, 0.1) is 5.82 Å². The van der Waals surface area contributed by atoms with Crippen LogP contribution < -0.4 is 16.0 Å². The molecule has 0 aliphatic carbocycles. The second-order valence-corrected chi connectivity index (χ2v) is 2.33. The SMILES string of the molecule is COCCOc1nc(NN)ncc1F. The summed E-state index contributed by atoms with van der Waals surface area (Å²) in [6.45, 7) is 0.573. The fourth-order valence-corrected chi connectivity index (χ4v) is 0.744. The number of rotatable bonds is 5. The first-order valence-corrected chi connectivity index (χ1v) is 3.89. The molecule has 7 heteroatoms. The van der Waals surface area contributed by atoms with Crippen molar-refractivity contribution in [3.63, 3.8) is 0 Å². The van der Waals surface area contributed by atoms with Crippen molar-refractivity contribution >= 4 is 5.95 Å². The van der Waals surface area contributed by atoms with Gasteiger partial charge in [-0.2, -0.15) is 9.37 Å². The number of anilines is 1. The molecular weight excluding hydrogens is 191 g/mol. The summed E-state index contributed by atoms with van der Waals surface area (Å²) in [4.78, 5) is 7.21. The predicted octanol–water partition coefficient (Wildman–Crippen LogP) is -0.0735. The Bertz CT molecular complexity index is 297. The first kappa shape index (κ1) is 10.6. The number of nitrogen functional groups attached to an aromatic ring is 1. The number of nitrogens with two attached hydrogens (primary N) is 1. The largest absolute Gasteiger partial charge is 0.473 e. The molecule has 0 fully saturated rings. The summed E-state index contributed by atoms with van der Waals surface area (Å²) in [5.41, 5.74) is 2.18. The van der Waals surface area contributed by atoms with Crippen LogP contribution in [0.4, 0.5) is 10.3 Å². The number of hydrogen-bond donors (Lipinski definition) is 2. The van der Waals surface area contributed by atoms with E-state index in [4.69, 9.17) is 15.3 Å². The second kappa shape index (κ2) is 5.30. The molecule has 1 heterocycles. The van der Waals surface area contributed by atoms with Gasteiger partial charge >= 0.3 is 0 Å². The zero-order valence-corrected chi connectivity index (χ0v) is 7.66. The van der Waals surface area contributed by atoms with Crippen LogP contribution in [0.1, 0.15) is 0 Å². The predicted molar refractivity (Wildman–Crippen MR) is 47.2 cm³/mol. The Labute approximate surface area is 80.2 Å². The molecule has 0 aromatic carbocycles. The van der Waals surface area contributed by atoms with Gasteiger partial charge in [-0.05, 0) is 0 Å². The lowest BCUT2D eigenvalue weighted by Gasteiger charge is -2.06. The number of ether oxygens (including phenoxy) is 2. The topological polar surface area (TPSA) is 82.3 Å². The number of nitrogens with zero attached hydrogens (tertiary/aromatic N) is 2. The highest BCUT2D eigenvalue weighted by Crippen LogP contribution is 2.13. The Hall–Kier alpha value is -1.47. The molecule has 0 aliphatic heterocycles. The first-order chi connectivity index (χ1) is 6.77. The molecule has 0 bridgehead atoms. The van der Waals surface area contributed by atoms with Crippen molar-refractivity contribution in [3.8, 4) is 5.88 Å². The fourth-order valence-electron chi connectivity index (χ4n) is 0.744. The maximum Gasteiger partial charge on any atom is 0.255 e. The normalized spacial score (nSPS) is 9.93. The molecule has 0 saturated carbocycles. The summed E-state index contributed by atoms with van der Waals surface area (Å²) in [7, 11) is 1.52. The lowest BCUT2D eigenvalue weighted by molar-refractivity contribution is 0.141. The van der Waals surface area contributed by atoms with Crippen LogP contribution >= 0.6 is 0 Å². The van der Waals surface area contributed by atoms with E-state index < -0.39 is 5.82 Å². The minimum atomic E-state index is -0.639. The summed E-state index contributed by atoms with van der Waals surface area (Å²) in [5.74, 6) is 4.36. The molecule has 0 unspecified atom stereocenters. The molecule has 14 heavy (non-hydrogen) atoms. The summed E-state index contributed by atoms with van der Waals surface area (Å²) < 4.78 is 22.7. The van der Waals surface area contributed by atoms with Gasteiger partial charge in [-0.15, -0.1) is 0 Å². The van der Waals surface area contributed by atoms with Crippen molar-refractivity contribution < 1.29 is 13.9 Å². The quantitative estimate of drug-likeness (QED) is 0.395. The summed E-state index contributed by atoms with van der Waals surface area (Å²) >= 11 is 0. The van der Waals surface area contributed by atoms with E-state index in [1.807, 2.05) is 0 Å². The van der Waals surface area contributed by atoms with Crippen LogP contribution in [0.2, 0.25) is 0 Å². The molecule has 0 amide bonds. The van der Waals surface area contributed by atoms with Gasteiger partial charge in [0.15, 0.2) is 0 Å². The third-order valence-corrected chi connectivity index (χ3v) is 1.37. The number of halogens is 1. The van der Waals surface area contributed by atoms with Crippen LogP contribution in [0.15, 0.2) is 6.20 Å². The molecule has 1 aromatic heterocycles. The summed E-state index contributed by atoms with van der Waals surface area (Å²) in [6, 6.07) is 0. The number of aromatic nitrogens is 2. The van der Waals surface area contributed by atoms with Gasteiger partial charge in [0.05, 0.1) is 12.8 Å². The van der Waals surface area contributed by atoms with Crippen LogP contribution in [0.25, 0.3) is 0 Å². The van der Waals surface area contributed by atoms with Gasteiger partial charge < -0.3 is 9.47 Å². The van der Waals surface area contributed by atoms with E-state index in [0.717, 1.165) is 6.20 Å². The zero-order valence-electron chi connectivity index (χ0n) is 7.66. The standard InChI is InChI=1S/C7H11FN4O2/c1-13-2-3-14-6-5(8)4-10-7(11-6)12-9/h4H,2-3,9H2,1H3,(H,10,11,12). The lowest BCUT2D eigenvalue weighted by Crippen LogP contribution is -2.13. The number of methoxy groups -OCH3 is 1. The van der Waals surface area contributed by atoms with Crippen LogP contribution in [0.3, 0.4) is 0 Å². The highest BCUT2D eigenvalue weighted by Gasteiger charge is 2.06. The van der Waals surface area contributed by atoms with E-state index in [1.54, 1.807) is 0 Å². The lowest BCUT2D eigenvalue weighted by atomic mass is 10.6. The minimum absolute atomic E-state index is 0.0961. The van der Waals surface area contributed by atoms with Gasteiger partial charge in [0.25, 0.3) is 5.88 Å². The Morgan fingerprint density at radius 3 is 3.00 bits per heavy atom. The number of nitrogens with one attached hydrogen (secondary N) is 1. The highest BCUT2D eigenvalue weighted by molar-refractivity contribution is 5.26. The van der Waals surface area contributed by atoms with Gasteiger partial charge in [0, 0.05) is 7.11 Å². The maximum atomic E-state index is 13.0. The molecule has 0 spiro atoms. The minimum Gasteiger partial charge on any atom is -0.473 e. The van der Waals surface area contributed by atoms with Crippen molar-refractivity contribution in [1.82, 2.24) is 9.97 Å². The first-order valence-electron chi connectivity index (χ1n) is 3.89. The van der Waals surface area contributed by atoms with Gasteiger partial charge in [-0.25, -0.2) is 10.8 Å². The van der Waals surface area contributed by atoms with Crippen molar-refractivity contribution in [2.24, 2.45) is 5.84 Å². The third-order valence-electron chi connectivity index (χ3n) is 1.37. The Balaban J connectivity index is 2.64. The second-order valence-electron chi connectivity index (χ2n) is 2.33. The Morgan fingerprint density at radius 1 is 1.57 bits per heavy atom. The van der Waals surface area contributed by atoms with Gasteiger partial charge in [0.1, 0.15) is 6.61 Å². The van der Waals surface area contributed by atoms with Crippen LogP contribution in [-0.4, -0.2) is 30.3 Å². The van der Waals surface area contributed by atoms with Gasteiger partial charge in [-0.1, -0.05) is 0 Å². The van der Waals surface area contributed by atoms with E-state index >= 15 is 0 Å². The fraction of sp³-hybridized carbons (Fsp3) is 0.429. The molecule has 0 atom stereocenters. The van der Waals surface area contributed by atoms with Crippen molar-refractivity contribution in [3.05, 3.63) is 12.0 Å². The average Bonchev–Trinajstić information content (AvgIpc) is 2.21. The molecule has 1 aromatic rings. The maximum absolute atomic E-state index is 13.0. The van der Waals surface area contributed by atoms with Crippen LogP contribution in [0.5, 0.6) is 5.88 Å². The Kier molecular flexibility index (Phi) is 4.02. The molecule has 1 rings (SSSR count). The van der Waals surface area contributed by atoms with E-state index in [0.29, 0.717) is 6.61 Å². The van der Waals surface area contributed by atoms with E-state index in [-0.39, 0.29) is 18.4 Å².